The number of benzene rings is 2. The van der Waals surface area contributed by atoms with E-state index in [1.54, 1.807) is 12.1 Å². The van der Waals surface area contributed by atoms with Gasteiger partial charge in [-0.15, -0.1) is 0 Å². The Bertz CT molecular complexity index is 1090. The number of aromatic nitrogens is 2. The van der Waals surface area contributed by atoms with Crippen molar-refractivity contribution in [3.05, 3.63) is 65.8 Å². The molecule has 0 unspecified atom stereocenters. The molecule has 0 spiro atoms. The fourth-order valence-electron chi connectivity index (χ4n) is 3.20. The van der Waals surface area contributed by atoms with Crippen molar-refractivity contribution in [1.29, 1.82) is 0 Å². The smallest absolute Gasteiger partial charge is 0.246 e. The summed E-state index contributed by atoms with van der Waals surface area (Å²) in [5, 5.41) is 4.02. The van der Waals surface area contributed by atoms with Gasteiger partial charge in [-0.3, -0.25) is 0 Å². The minimum Gasteiger partial charge on any atom is -0.497 e. The van der Waals surface area contributed by atoms with Gasteiger partial charge in [0.05, 0.1) is 20.1 Å². The van der Waals surface area contributed by atoms with Gasteiger partial charge in [-0.05, 0) is 17.7 Å². The molecule has 29 heavy (non-hydrogen) atoms. The SMILES string of the molecule is COc1ccc(OC)c(S(=O)(=O)N2CC(c3nc(Cc4ccccc4)no3)C2)c1. The van der Waals surface area contributed by atoms with Crippen molar-refractivity contribution in [1.82, 2.24) is 14.4 Å². The summed E-state index contributed by atoms with van der Waals surface area (Å²) < 4.78 is 43.1. The van der Waals surface area contributed by atoms with Crippen LogP contribution in [0.15, 0.2) is 57.9 Å². The third kappa shape index (κ3) is 3.83. The molecule has 0 saturated carbocycles. The predicted molar refractivity (Wildman–Crippen MR) is 105 cm³/mol. The Kier molecular flexibility index (Phi) is 5.25. The van der Waals surface area contributed by atoms with Crippen LogP contribution in [0.1, 0.15) is 23.2 Å². The average Bonchev–Trinajstić information content (AvgIpc) is 3.14. The largest absolute Gasteiger partial charge is 0.497 e. The van der Waals surface area contributed by atoms with Crippen LogP contribution in [0.4, 0.5) is 0 Å². The monoisotopic (exact) mass is 415 g/mol. The molecule has 1 fully saturated rings. The van der Waals surface area contributed by atoms with Gasteiger partial charge in [-0.25, -0.2) is 8.42 Å². The first kappa shape index (κ1) is 19.4. The lowest BCUT2D eigenvalue weighted by Gasteiger charge is -2.36. The molecule has 0 bridgehead atoms. The molecule has 152 valence electrons. The Balaban J connectivity index is 1.46. The van der Waals surface area contributed by atoms with Crippen LogP contribution >= 0.6 is 0 Å². The molecule has 8 nitrogen and oxygen atoms in total. The van der Waals surface area contributed by atoms with Gasteiger partial charge in [-0.2, -0.15) is 9.29 Å². The van der Waals surface area contributed by atoms with E-state index in [4.69, 9.17) is 14.0 Å². The lowest BCUT2D eigenvalue weighted by molar-refractivity contribution is 0.216. The predicted octanol–water partition coefficient (Wildman–Crippen LogP) is 2.47. The maximum absolute atomic E-state index is 13.0. The summed E-state index contributed by atoms with van der Waals surface area (Å²) in [6.07, 6.45) is 0.570. The van der Waals surface area contributed by atoms with Crippen molar-refractivity contribution < 1.29 is 22.4 Å². The second-order valence-electron chi connectivity index (χ2n) is 6.75. The molecule has 0 N–H and O–H groups in total. The summed E-state index contributed by atoms with van der Waals surface area (Å²) in [5.74, 6) is 1.64. The maximum atomic E-state index is 13.0. The number of nitrogens with zero attached hydrogens (tertiary/aromatic N) is 3. The molecule has 0 aliphatic carbocycles. The molecular formula is C20H21N3O5S. The van der Waals surface area contributed by atoms with Crippen molar-refractivity contribution in [2.75, 3.05) is 27.3 Å². The van der Waals surface area contributed by atoms with E-state index in [0.717, 1.165) is 5.56 Å². The highest BCUT2D eigenvalue weighted by Gasteiger charge is 2.41. The fraction of sp³-hybridized carbons (Fsp3) is 0.300. The van der Waals surface area contributed by atoms with E-state index in [-0.39, 0.29) is 29.7 Å². The van der Waals surface area contributed by atoms with Crippen molar-refractivity contribution in [3.63, 3.8) is 0 Å². The first-order valence-electron chi connectivity index (χ1n) is 9.10. The van der Waals surface area contributed by atoms with Crippen molar-refractivity contribution >= 4 is 10.0 Å². The molecule has 2 heterocycles. The van der Waals surface area contributed by atoms with Crippen LogP contribution in [0.2, 0.25) is 0 Å². The van der Waals surface area contributed by atoms with Crippen LogP contribution in [-0.2, 0) is 16.4 Å². The minimum absolute atomic E-state index is 0.0769. The van der Waals surface area contributed by atoms with Gasteiger partial charge in [0.25, 0.3) is 0 Å². The average molecular weight is 415 g/mol. The van der Waals surface area contributed by atoms with E-state index in [1.165, 1.54) is 24.6 Å². The Morgan fingerprint density at radius 3 is 2.55 bits per heavy atom. The number of sulfonamides is 1. The summed E-state index contributed by atoms with van der Waals surface area (Å²) in [4.78, 5) is 4.51. The van der Waals surface area contributed by atoms with Gasteiger partial charge in [0.1, 0.15) is 16.4 Å². The van der Waals surface area contributed by atoms with E-state index in [2.05, 4.69) is 10.1 Å². The van der Waals surface area contributed by atoms with Crippen LogP contribution < -0.4 is 9.47 Å². The van der Waals surface area contributed by atoms with E-state index >= 15 is 0 Å². The van der Waals surface area contributed by atoms with Crippen molar-refractivity contribution in [2.24, 2.45) is 0 Å². The van der Waals surface area contributed by atoms with Crippen molar-refractivity contribution in [2.45, 2.75) is 17.2 Å². The molecule has 3 aromatic rings. The molecule has 9 heteroatoms. The van der Waals surface area contributed by atoms with Gasteiger partial charge in [-0.1, -0.05) is 35.5 Å². The zero-order chi connectivity index (χ0) is 20.4. The van der Waals surface area contributed by atoms with Gasteiger partial charge in [0.2, 0.25) is 15.9 Å². The second kappa shape index (κ2) is 7.84. The number of hydrogen-bond donors (Lipinski definition) is 0. The van der Waals surface area contributed by atoms with Crippen LogP contribution in [0.25, 0.3) is 0 Å². The molecule has 2 aromatic carbocycles. The second-order valence-corrected chi connectivity index (χ2v) is 8.65. The van der Waals surface area contributed by atoms with Gasteiger partial charge >= 0.3 is 0 Å². The highest BCUT2D eigenvalue weighted by Crippen LogP contribution is 2.36. The van der Waals surface area contributed by atoms with Crippen LogP contribution in [0.3, 0.4) is 0 Å². The quantitative estimate of drug-likeness (QED) is 0.585. The lowest BCUT2D eigenvalue weighted by atomic mass is 10.0. The zero-order valence-electron chi connectivity index (χ0n) is 16.1. The fourth-order valence-corrected chi connectivity index (χ4v) is 4.90. The van der Waals surface area contributed by atoms with Crippen LogP contribution in [0.5, 0.6) is 11.5 Å². The summed E-state index contributed by atoms with van der Waals surface area (Å²) >= 11 is 0. The standard InChI is InChI=1S/C20H21N3O5S/c1-26-16-8-9-17(27-2)18(11-16)29(24,25)23-12-15(13-23)20-21-19(22-28-20)10-14-6-4-3-5-7-14/h3-9,11,15H,10,12-13H2,1-2H3. The topological polar surface area (TPSA) is 94.8 Å². The first-order valence-corrected chi connectivity index (χ1v) is 10.5. The zero-order valence-corrected chi connectivity index (χ0v) is 16.9. The summed E-state index contributed by atoms with van der Waals surface area (Å²) in [6, 6.07) is 14.6. The first-order chi connectivity index (χ1) is 14.0. The Labute approximate surface area is 169 Å². The number of ether oxygens (including phenoxy) is 2. The van der Waals surface area contributed by atoms with Gasteiger partial charge < -0.3 is 14.0 Å². The lowest BCUT2D eigenvalue weighted by Crippen LogP contribution is -2.48. The molecule has 1 saturated heterocycles. The molecule has 1 aromatic heterocycles. The Hall–Kier alpha value is -2.91. The van der Waals surface area contributed by atoms with E-state index < -0.39 is 10.0 Å². The molecule has 0 amide bonds. The third-order valence-corrected chi connectivity index (χ3v) is 6.73. The van der Waals surface area contributed by atoms with Crippen molar-refractivity contribution in [3.8, 4) is 11.5 Å². The number of rotatable bonds is 7. The third-order valence-electron chi connectivity index (χ3n) is 4.87. The summed E-state index contributed by atoms with van der Waals surface area (Å²) in [6.45, 7) is 0.547. The number of methoxy groups -OCH3 is 2. The van der Waals surface area contributed by atoms with Gasteiger partial charge in [0, 0.05) is 25.6 Å². The van der Waals surface area contributed by atoms with E-state index in [1.807, 2.05) is 30.3 Å². The van der Waals surface area contributed by atoms with Crippen LogP contribution in [0, 0.1) is 0 Å². The highest BCUT2D eigenvalue weighted by atomic mass is 32.2. The normalized spacial score (nSPS) is 15.1. The highest BCUT2D eigenvalue weighted by molar-refractivity contribution is 7.89. The Morgan fingerprint density at radius 1 is 1.10 bits per heavy atom. The Morgan fingerprint density at radius 2 is 1.86 bits per heavy atom. The summed E-state index contributed by atoms with van der Waals surface area (Å²) in [5.41, 5.74) is 1.09. The minimum atomic E-state index is -3.72. The molecule has 0 atom stereocenters. The molecule has 1 aliphatic rings. The number of hydrogen-bond acceptors (Lipinski definition) is 7. The molecule has 4 rings (SSSR count). The maximum Gasteiger partial charge on any atom is 0.246 e. The van der Waals surface area contributed by atoms with E-state index in [9.17, 15) is 8.42 Å². The van der Waals surface area contributed by atoms with E-state index in [0.29, 0.717) is 23.9 Å². The summed E-state index contributed by atoms with van der Waals surface area (Å²) in [7, 11) is -0.798. The molecule has 0 radical (unpaired) electrons. The molecule has 1 aliphatic heterocycles. The molecular weight excluding hydrogens is 394 g/mol. The van der Waals surface area contributed by atoms with Crippen LogP contribution in [-0.4, -0.2) is 50.2 Å². The van der Waals surface area contributed by atoms with Gasteiger partial charge in [0.15, 0.2) is 5.82 Å².